The molecule has 0 amide bonds. The Bertz CT molecular complexity index is 1350. The van der Waals surface area contributed by atoms with Gasteiger partial charge < -0.3 is 0 Å². The lowest BCUT2D eigenvalue weighted by atomic mass is 10.4. The third kappa shape index (κ3) is 3.79. The summed E-state index contributed by atoms with van der Waals surface area (Å²) >= 11 is 0. The van der Waals surface area contributed by atoms with Crippen molar-refractivity contribution in [3.63, 3.8) is 0 Å². The maximum Gasteiger partial charge on any atom is 0.329 e. The predicted molar refractivity (Wildman–Crippen MR) is 122 cm³/mol. The van der Waals surface area contributed by atoms with Crippen LogP contribution in [0, 0.1) is 0 Å². The van der Waals surface area contributed by atoms with Gasteiger partial charge in [0.25, 0.3) is 0 Å². The van der Waals surface area contributed by atoms with Crippen LogP contribution in [0.1, 0.15) is 63.0 Å². The van der Waals surface area contributed by atoms with Gasteiger partial charge in [0.15, 0.2) is 22.6 Å². The topological polar surface area (TPSA) is 127 Å². The van der Waals surface area contributed by atoms with Gasteiger partial charge in [-0.15, -0.1) is 0 Å². The van der Waals surface area contributed by atoms with Crippen molar-refractivity contribution in [2.24, 2.45) is 0 Å². The maximum absolute atomic E-state index is 11.7. The highest BCUT2D eigenvalue weighted by Gasteiger charge is 2.29. The van der Waals surface area contributed by atoms with Crippen LogP contribution in [0.5, 0.6) is 0 Å². The molecule has 10 heteroatoms. The highest BCUT2D eigenvalue weighted by atomic mass is 16.1. The minimum atomic E-state index is -0.102. The Labute approximate surface area is 182 Å². The normalized spacial score (nSPS) is 16.3. The maximum atomic E-state index is 11.7. The van der Waals surface area contributed by atoms with Crippen molar-refractivity contribution in [3.05, 3.63) is 56.9 Å². The number of hydrogen-bond donors (Lipinski definition) is 2. The molecule has 6 rings (SSSR count). The smallest absolute Gasteiger partial charge is 0.289 e. The Balaban J connectivity index is 0.000000135. The second kappa shape index (κ2) is 8.03. The molecular weight excluding hydrogens is 408 g/mol. The third-order valence-corrected chi connectivity index (χ3v) is 5.39. The summed E-state index contributed by atoms with van der Waals surface area (Å²) in [6, 6.07) is 0.632. The van der Waals surface area contributed by atoms with E-state index < -0.39 is 0 Å². The summed E-state index contributed by atoms with van der Waals surface area (Å²) in [4.78, 5) is 46.1. The molecule has 0 aliphatic heterocycles. The number of allylic oxidation sites excluding steroid dienone is 2. The predicted octanol–water partition coefficient (Wildman–Crippen LogP) is 2.98. The zero-order chi connectivity index (χ0) is 22.2. The highest BCUT2D eigenvalue weighted by molar-refractivity contribution is 5.68. The number of nitrogens with one attached hydrogen (secondary N) is 2. The molecular formula is C22H24N8O2. The summed E-state index contributed by atoms with van der Waals surface area (Å²) in [6.07, 6.45) is 15.1. The van der Waals surface area contributed by atoms with Gasteiger partial charge in [0.1, 0.15) is 0 Å². The van der Waals surface area contributed by atoms with Gasteiger partial charge in [-0.1, -0.05) is 12.2 Å². The Hall–Kier alpha value is -3.82. The van der Waals surface area contributed by atoms with E-state index in [4.69, 9.17) is 0 Å². The fraction of sp³-hybridized carbons (Fsp3) is 0.364. The van der Waals surface area contributed by atoms with E-state index in [0.717, 1.165) is 37.1 Å². The van der Waals surface area contributed by atoms with E-state index >= 15 is 0 Å². The SMILES string of the molecule is CC=Cc1cnc2[nH]c(=O)n(C3CC3)c2n1.CC=Cc1cnc2[nH]c(=O)n(C3CC3)c2n1. The second-order valence-corrected chi connectivity index (χ2v) is 8.00. The fourth-order valence-electron chi connectivity index (χ4n) is 3.66. The number of rotatable bonds is 4. The molecule has 32 heavy (non-hydrogen) atoms. The van der Waals surface area contributed by atoms with Gasteiger partial charge in [-0.3, -0.25) is 19.1 Å². The standard InChI is InChI=1S/2C11H12N4O/c2*1-2-3-7-6-12-9-10(13-7)15(8-4-5-8)11(16)14-9/h2*2-3,6,8H,4-5H2,1H3,(H,12,14,16). The first-order chi connectivity index (χ1) is 15.6. The number of nitrogens with zero attached hydrogens (tertiary/aromatic N) is 6. The minimum absolute atomic E-state index is 0.102. The first kappa shape index (κ1) is 20.1. The molecule has 4 heterocycles. The number of imidazole rings is 2. The Morgan fingerprint density at radius 2 is 1.19 bits per heavy atom. The summed E-state index contributed by atoms with van der Waals surface area (Å²) < 4.78 is 3.44. The van der Waals surface area contributed by atoms with Gasteiger partial charge in [-0.25, -0.2) is 29.5 Å². The molecule has 164 valence electrons. The molecule has 10 nitrogen and oxygen atoms in total. The van der Waals surface area contributed by atoms with Gasteiger partial charge in [-0.2, -0.15) is 0 Å². The Kier molecular flexibility index (Phi) is 5.04. The molecule has 2 saturated carbocycles. The van der Waals surface area contributed by atoms with Crippen LogP contribution < -0.4 is 11.4 Å². The first-order valence-corrected chi connectivity index (χ1v) is 10.8. The van der Waals surface area contributed by atoms with Crippen LogP contribution in [-0.4, -0.2) is 39.0 Å². The molecule has 0 spiro atoms. The van der Waals surface area contributed by atoms with Crippen LogP contribution in [-0.2, 0) is 0 Å². The van der Waals surface area contributed by atoms with Crippen molar-refractivity contribution >= 4 is 34.7 Å². The Morgan fingerprint density at radius 3 is 1.53 bits per heavy atom. The molecule has 2 aliphatic rings. The number of fused-ring (bicyclic) bond motifs is 2. The summed E-state index contributed by atoms with van der Waals surface area (Å²) in [7, 11) is 0. The van der Waals surface area contributed by atoms with Gasteiger partial charge >= 0.3 is 11.4 Å². The van der Waals surface area contributed by atoms with E-state index in [1.165, 1.54) is 0 Å². The van der Waals surface area contributed by atoms with Gasteiger partial charge in [0, 0.05) is 12.1 Å². The molecule has 0 saturated heterocycles. The average molecular weight is 432 g/mol. The van der Waals surface area contributed by atoms with E-state index in [-0.39, 0.29) is 11.4 Å². The van der Waals surface area contributed by atoms with Crippen LogP contribution in [0.3, 0.4) is 0 Å². The fourth-order valence-corrected chi connectivity index (χ4v) is 3.66. The molecule has 2 fully saturated rings. The van der Waals surface area contributed by atoms with Crippen molar-refractivity contribution in [2.45, 2.75) is 51.6 Å². The zero-order valence-corrected chi connectivity index (χ0v) is 17.9. The zero-order valence-electron chi connectivity index (χ0n) is 17.9. The lowest BCUT2D eigenvalue weighted by molar-refractivity contribution is 0.725. The summed E-state index contributed by atoms with van der Waals surface area (Å²) in [5, 5.41) is 0. The van der Waals surface area contributed by atoms with Crippen LogP contribution in [0.25, 0.3) is 34.7 Å². The number of H-pyrrole nitrogens is 2. The van der Waals surface area contributed by atoms with Crippen LogP contribution in [0.4, 0.5) is 0 Å². The minimum Gasteiger partial charge on any atom is -0.289 e. The third-order valence-electron chi connectivity index (χ3n) is 5.39. The van der Waals surface area contributed by atoms with E-state index in [9.17, 15) is 9.59 Å². The van der Waals surface area contributed by atoms with E-state index in [0.29, 0.717) is 34.7 Å². The molecule has 0 bridgehead atoms. The van der Waals surface area contributed by atoms with Gasteiger partial charge in [-0.05, 0) is 51.7 Å². The second-order valence-electron chi connectivity index (χ2n) is 8.00. The van der Waals surface area contributed by atoms with E-state index in [1.54, 1.807) is 21.5 Å². The van der Waals surface area contributed by atoms with Gasteiger partial charge in [0.2, 0.25) is 0 Å². The molecule has 0 radical (unpaired) electrons. The molecule has 0 unspecified atom stereocenters. The molecule has 2 N–H and O–H groups in total. The lowest BCUT2D eigenvalue weighted by Crippen LogP contribution is -2.15. The quantitative estimate of drug-likeness (QED) is 0.510. The van der Waals surface area contributed by atoms with Crippen LogP contribution in [0.15, 0.2) is 34.1 Å². The highest BCUT2D eigenvalue weighted by Crippen LogP contribution is 2.35. The van der Waals surface area contributed by atoms with Crippen LogP contribution in [0.2, 0.25) is 0 Å². The van der Waals surface area contributed by atoms with Gasteiger partial charge in [0.05, 0.1) is 23.8 Å². The molecule has 0 atom stereocenters. The summed E-state index contributed by atoms with van der Waals surface area (Å²) in [5.74, 6) is 0. The monoisotopic (exact) mass is 432 g/mol. The first-order valence-electron chi connectivity index (χ1n) is 10.8. The molecule has 4 aromatic heterocycles. The molecule has 4 aromatic rings. The number of aromatic amines is 2. The summed E-state index contributed by atoms with van der Waals surface area (Å²) in [5.41, 5.74) is 3.85. The summed E-state index contributed by atoms with van der Waals surface area (Å²) in [6.45, 7) is 3.86. The molecule has 2 aliphatic carbocycles. The van der Waals surface area contributed by atoms with Crippen molar-refractivity contribution in [1.82, 2.24) is 39.0 Å². The van der Waals surface area contributed by atoms with Crippen LogP contribution >= 0.6 is 0 Å². The number of hydrogen-bond acceptors (Lipinski definition) is 6. The van der Waals surface area contributed by atoms with E-state index in [1.807, 2.05) is 38.2 Å². The average Bonchev–Trinajstić information content (AvgIpc) is 3.70. The lowest BCUT2D eigenvalue weighted by Gasteiger charge is -1.98. The van der Waals surface area contributed by atoms with Crippen molar-refractivity contribution in [2.75, 3.05) is 0 Å². The Morgan fingerprint density at radius 1 is 0.781 bits per heavy atom. The number of aromatic nitrogens is 8. The van der Waals surface area contributed by atoms with E-state index in [2.05, 4.69) is 29.9 Å². The largest absolute Gasteiger partial charge is 0.329 e. The van der Waals surface area contributed by atoms with Crippen molar-refractivity contribution in [1.29, 1.82) is 0 Å². The van der Waals surface area contributed by atoms with Crippen molar-refractivity contribution in [3.8, 4) is 0 Å². The molecule has 0 aromatic carbocycles. The van der Waals surface area contributed by atoms with Crippen molar-refractivity contribution < 1.29 is 0 Å².